The summed E-state index contributed by atoms with van der Waals surface area (Å²) in [6.45, 7) is 3.21. The summed E-state index contributed by atoms with van der Waals surface area (Å²) in [5.41, 5.74) is 2.14. The summed E-state index contributed by atoms with van der Waals surface area (Å²) in [5.74, 6) is -0.209. The number of nitrogens with zero attached hydrogens (tertiary/aromatic N) is 1. The van der Waals surface area contributed by atoms with Crippen LogP contribution in [0.5, 0.6) is 0 Å². The first-order valence-corrected chi connectivity index (χ1v) is 9.21. The van der Waals surface area contributed by atoms with E-state index in [-0.39, 0.29) is 18.2 Å². The number of hydrogen-bond donors (Lipinski definition) is 2. The Morgan fingerprint density at radius 3 is 2.15 bits per heavy atom. The fourth-order valence-corrected chi connectivity index (χ4v) is 3.02. The number of halogens is 1. The lowest BCUT2D eigenvalue weighted by Gasteiger charge is -2.25. The van der Waals surface area contributed by atoms with Gasteiger partial charge in [-0.3, -0.25) is 14.5 Å². The molecule has 142 valence electrons. The van der Waals surface area contributed by atoms with E-state index in [0.29, 0.717) is 36.2 Å². The Bertz CT molecular complexity index is 789. The molecule has 2 aromatic carbocycles. The van der Waals surface area contributed by atoms with Gasteiger partial charge < -0.3 is 15.4 Å². The molecule has 0 saturated carbocycles. The zero-order valence-electron chi connectivity index (χ0n) is 14.9. The fourth-order valence-electron chi connectivity index (χ4n) is 2.82. The number of rotatable bonds is 6. The second kappa shape index (κ2) is 9.50. The van der Waals surface area contributed by atoms with Crippen molar-refractivity contribution in [1.29, 1.82) is 0 Å². The Kier molecular flexibility index (Phi) is 6.81. The number of carbonyl (C=O) groups is 2. The summed E-state index contributed by atoms with van der Waals surface area (Å²) in [6.07, 6.45) is 0.206. The molecule has 0 unspecified atom stereocenters. The largest absolute Gasteiger partial charge is 0.379 e. The van der Waals surface area contributed by atoms with Crippen molar-refractivity contribution in [2.24, 2.45) is 0 Å². The van der Waals surface area contributed by atoms with Crippen LogP contribution in [0.4, 0.5) is 11.4 Å². The van der Waals surface area contributed by atoms with E-state index in [0.717, 1.165) is 18.7 Å². The molecule has 27 heavy (non-hydrogen) atoms. The molecule has 1 saturated heterocycles. The molecule has 1 aliphatic rings. The molecule has 2 aromatic rings. The zero-order valence-corrected chi connectivity index (χ0v) is 15.7. The van der Waals surface area contributed by atoms with Crippen LogP contribution in [-0.2, 0) is 20.7 Å². The number of amides is 2. The maximum absolute atomic E-state index is 12.2. The highest BCUT2D eigenvalue weighted by atomic mass is 35.5. The maximum Gasteiger partial charge on any atom is 0.238 e. The number of morpholine rings is 1. The van der Waals surface area contributed by atoms with Crippen LogP contribution in [0, 0.1) is 0 Å². The SMILES string of the molecule is O=C(Cc1ccccc1Cl)Nc1ccc(NC(=O)CN2CCOCC2)cc1. The molecule has 1 heterocycles. The standard InChI is InChI=1S/C20H22ClN3O3/c21-18-4-2-1-3-15(18)13-19(25)22-16-5-7-17(8-6-16)23-20(26)14-24-9-11-27-12-10-24/h1-8H,9-14H2,(H,22,25)(H,23,26). The summed E-state index contributed by atoms with van der Waals surface area (Å²) in [6, 6.07) is 14.3. The number of ether oxygens (including phenoxy) is 1. The van der Waals surface area contributed by atoms with Gasteiger partial charge in [0.15, 0.2) is 0 Å². The molecule has 6 nitrogen and oxygen atoms in total. The maximum atomic E-state index is 12.2. The molecule has 0 aliphatic carbocycles. The molecule has 0 spiro atoms. The van der Waals surface area contributed by atoms with Crippen LogP contribution >= 0.6 is 11.6 Å². The third-order valence-electron chi connectivity index (χ3n) is 4.23. The molecule has 2 amide bonds. The second-order valence-electron chi connectivity index (χ2n) is 6.33. The Morgan fingerprint density at radius 1 is 0.926 bits per heavy atom. The predicted molar refractivity (Wildman–Crippen MR) is 106 cm³/mol. The lowest BCUT2D eigenvalue weighted by Crippen LogP contribution is -2.41. The smallest absolute Gasteiger partial charge is 0.238 e. The highest BCUT2D eigenvalue weighted by molar-refractivity contribution is 6.31. The van der Waals surface area contributed by atoms with Crippen LogP contribution in [-0.4, -0.2) is 49.6 Å². The summed E-state index contributed by atoms with van der Waals surface area (Å²) in [5, 5.41) is 6.27. The average molecular weight is 388 g/mol. The zero-order chi connectivity index (χ0) is 19.1. The van der Waals surface area contributed by atoms with Gasteiger partial charge in [0.25, 0.3) is 0 Å². The van der Waals surface area contributed by atoms with Crippen LogP contribution < -0.4 is 10.6 Å². The first-order chi connectivity index (χ1) is 13.1. The van der Waals surface area contributed by atoms with Crippen molar-refractivity contribution in [3.8, 4) is 0 Å². The van der Waals surface area contributed by atoms with Crippen molar-refractivity contribution < 1.29 is 14.3 Å². The van der Waals surface area contributed by atoms with Crippen LogP contribution in [0.2, 0.25) is 5.02 Å². The van der Waals surface area contributed by atoms with Crippen LogP contribution in [0.3, 0.4) is 0 Å². The van der Waals surface area contributed by atoms with Crippen molar-refractivity contribution in [3.05, 3.63) is 59.1 Å². The van der Waals surface area contributed by atoms with Crippen molar-refractivity contribution in [2.75, 3.05) is 43.5 Å². The number of hydrogen-bond acceptors (Lipinski definition) is 4. The minimum absolute atomic E-state index is 0.0626. The van der Waals surface area contributed by atoms with Gasteiger partial charge >= 0.3 is 0 Å². The molecule has 7 heteroatoms. The summed E-state index contributed by atoms with van der Waals surface area (Å²) in [4.78, 5) is 26.3. The molecule has 0 radical (unpaired) electrons. The Morgan fingerprint density at radius 2 is 1.52 bits per heavy atom. The fraction of sp³-hybridized carbons (Fsp3) is 0.300. The van der Waals surface area contributed by atoms with Crippen molar-refractivity contribution in [3.63, 3.8) is 0 Å². The normalized spacial score (nSPS) is 14.6. The highest BCUT2D eigenvalue weighted by Crippen LogP contribution is 2.17. The molecule has 1 fully saturated rings. The molecule has 0 bridgehead atoms. The number of anilines is 2. The number of carbonyl (C=O) groups excluding carboxylic acids is 2. The lowest BCUT2D eigenvalue weighted by atomic mass is 10.1. The molecule has 0 atom stereocenters. The predicted octanol–water partition coefficient (Wildman–Crippen LogP) is 2.79. The van der Waals surface area contributed by atoms with Gasteiger partial charge in [0.1, 0.15) is 0 Å². The van der Waals surface area contributed by atoms with E-state index in [1.165, 1.54) is 0 Å². The van der Waals surface area contributed by atoms with Gasteiger partial charge in [-0.2, -0.15) is 0 Å². The minimum atomic E-state index is -0.146. The Hall–Kier alpha value is -2.41. The Labute approximate surface area is 163 Å². The number of benzene rings is 2. The average Bonchev–Trinajstić information content (AvgIpc) is 2.66. The van der Waals surface area contributed by atoms with Gasteiger partial charge in [-0.25, -0.2) is 0 Å². The van der Waals surface area contributed by atoms with E-state index < -0.39 is 0 Å². The summed E-state index contributed by atoms with van der Waals surface area (Å²) < 4.78 is 5.27. The first-order valence-electron chi connectivity index (χ1n) is 8.83. The molecule has 1 aliphatic heterocycles. The van der Waals surface area contributed by atoms with E-state index >= 15 is 0 Å². The molecule has 2 N–H and O–H groups in total. The highest BCUT2D eigenvalue weighted by Gasteiger charge is 2.14. The minimum Gasteiger partial charge on any atom is -0.379 e. The van der Waals surface area contributed by atoms with Gasteiger partial charge in [-0.15, -0.1) is 0 Å². The summed E-state index contributed by atoms with van der Waals surface area (Å²) >= 11 is 6.08. The van der Waals surface area contributed by atoms with Gasteiger partial charge in [-0.1, -0.05) is 29.8 Å². The van der Waals surface area contributed by atoms with Gasteiger partial charge in [0.05, 0.1) is 26.2 Å². The van der Waals surface area contributed by atoms with E-state index in [1.807, 2.05) is 18.2 Å². The van der Waals surface area contributed by atoms with Crippen LogP contribution in [0.1, 0.15) is 5.56 Å². The molecular formula is C20H22ClN3O3. The van der Waals surface area contributed by atoms with Gasteiger partial charge in [0.2, 0.25) is 11.8 Å². The van der Waals surface area contributed by atoms with Crippen molar-refractivity contribution >= 4 is 34.8 Å². The first kappa shape index (κ1) is 19.4. The summed E-state index contributed by atoms with van der Waals surface area (Å²) in [7, 11) is 0. The van der Waals surface area contributed by atoms with Crippen molar-refractivity contribution in [1.82, 2.24) is 4.90 Å². The monoisotopic (exact) mass is 387 g/mol. The second-order valence-corrected chi connectivity index (χ2v) is 6.74. The van der Waals surface area contributed by atoms with E-state index in [9.17, 15) is 9.59 Å². The van der Waals surface area contributed by atoms with E-state index in [1.54, 1.807) is 30.3 Å². The number of nitrogens with one attached hydrogen (secondary N) is 2. The molecule has 3 rings (SSSR count). The third-order valence-corrected chi connectivity index (χ3v) is 4.60. The topological polar surface area (TPSA) is 70.7 Å². The lowest BCUT2D eigenvalue weighted by molar-refractivity contribution is -0.118. The van der Waals surface area contributed by atoms with Crippen LogP contribution in [0.15, 0.2) is 48.5 Å². The Balaban J connectivity index is 1.48. The third kappa shape index (κ3) is 6.06. The van der Waals surface area contributed by atoms with E-state index in [2.05, 4.69) is 15.5 Å². The molecule has 0 aromatic heterocycles. The van der Waals surface area contributed by atoms with E-state index in [4.69, 9.17) is 16.3 Å². The van der Waals surface area contributed by atoms with Gasteiger partial charge in [0, 0.05) is 29.5 Å². The molecular weight excluding hydrogens is 366 g/mol. The van der Waals surface area contributed by atoms with Gasteiger partial charge in [-0.05, 0) is 35.9 Å². The van der Waals surface area contributed by atoms with Crippen molar-refractivity contribution in [2.45, 2.75) is 6.42 Å². The van der Waals surface area contributed by atoms with Crippen LogP contribution in [0.25, 0.3) is 0 Å². The quantitative estimate of drug-likeness (QED) is 0.799.